The molecule has 2 atom stereocenters. The van der Waals surface area contributed by atoms with Gasteiger partial charge in [0.05, 0.1) is 12.7 Å². The number of rotatable bonds is 1. The van der Waals surface area contributed by atoms with Gasteiger partial charge < -0.3 is 14.6 Å². The van der Waals surface area contributed by atoms with E-state index in [1.54, 1.807) is 6.07 Å². The summed E-state index contributed by atoms with van der Waals surface area (Å²) in [5.41, 5.74) is 2.81. The van der Waals surface area contributed by atoms with E-state index in [9.17, 15) is 9.50 Å². The standard InChI is InChI=1S/C17H15FO3/c18-12-2-3-13-14(19)9-16(21-17(13)8-12)10-1-4-15-11(7-10)5-6-20-15/h1-4,7-8,14,16,19H,5-6,9H2/t14-,16?/m1/s1. The van der Waals surface area contributed by atoms with Crippen molar-refractivity contribution in [3.63, 3.8) is 0 Å². The van der Waals surface area contributed by atoms with Crippen LogP contribution in [0.2, 0.25) is 0 Å². The van der Waals surface area contributed by atoms with Gasteiger partial charge in [0.1, 0.15) is 23.4 Å². The lowest BCUT2D eigenvalue weighted by Gasteiger charge is -2.30. The highest BCUT2D eigenvalue weighted by Gasteiger charge is 2.29. The van der Waals surface area contributed by atoms with Crippen molar-refractivity contribution in [1.29, 1.82) is 0 Å². The Hall–Kier alpha value is -2.07. The second-order valence-corrected chi connectivity index (χ2v) is 5.51. The number of fused-ring (bicyclic) bond motifs is 2. The Morgan fingerprint density at radius 2 is 2.00 bits per heavy atom. The first-order valence-electron chi connectivity index (χ1n) is 7.10. The van der Waals surface area contributed by atoms with Gasteiger partial charge in [0.2, 0.25) is 0 Å². The number of ether oxygens (including phenoxy) is 2. The Bertz CT molecular complexity index is 698. The number of hydrogen-bond donors (Lipinski definition) is 1. The first-order chi connectivity index (χ1) is 10.2. The van der Waals surface area contributed by atoms with Crippen molar-refractivity contribution in [2.75, 3.05) is 6.61 Å². The predicted molar refractivity (Wildman–Crippen MR) is 75.0 cm³/mol. The highest BCUT2D eigenvalue weighted by atomic mass is 19.1. The summed E-state index contributed by atoms with van der Waals surface area (Å²) < 4.78 is 24.7. The lowest BCUT2D eigenvalue weighted by atomic mass is 9.94. The molecule has 2 aliphatic rings. The van der Waals surface area contributed by atoms with Crippen LogP contribution in [0.3, 0.4) is 0 Å². The maximum atomic E-state index is 13.4. The Labute approximate surface area is 121 Å². The van der Waals surface area contributed by atoms with Crippen molar-refractivity contribution < 1.29 is 19.0 Å². The molecule has 0 aromatic heterocycles. The molecule has 0 radical (unpaired) electrons. The topological polar surface area (TPSA) is 38.7 Å². The molecule has 0 amide bonds. The molecule has 0 fully saturated rings. The number of aliphatic hydroxyl groups is 1. The van der Waals surface area contributed by atoms with Gasteiger partial charge in [0.25, 0.3) is 0 Å². The van der Waals surface area contributed by atoms with E-state index < -0.39 is 6.10 Å². The van der Waals surface area contributed by atoms with Gasteiger partial charge >= 0.3 is 0 Å². The van der Waals surface area contributed by atoms with Crippen LogP contribution in [0.5, 0.6) is 11.5 Å². The van der Waals surface area contributed by atoms with Crippen molar-refractivity contribution in [2.24, 2.45) is 0 Å². The summed E-state index contributed by atoms with van der Waals surface area (Å²) in [7, 11) is 0. The van der Waals surface area contributed by atoms with E-state index >= 15 is 0 Å². The number of hydrogen-bond acceptors (Lipinski definition) is 3. The highest BCUT2D eigenvalue weighted by Crippen LogP contribution is 2.42. The fourth-order valence-corrected chi connectivity index (χ4v) is 3.03. The average Bonchev–Trinajstić information content (AvgIpc) is 2.94. The molecule has 2 heterocycles. The molecule has 1 N–H and O–H groups in total. The van der Waals surface area contributed by atoms with Gasteiger partial charge in [-0.1, -0.05) is 6.07 Å². The molecule has 108 valence electrons. The predicted octanol–water partition coefficient (Wildman–Crippen LogP) is 3.32. The second-order valence-electron chi connectivity index (χ2n) is 5.51. The fraction of sp³-hybridized carbons (Fsp3) is 0.294. The van der Waals surface area contributed by atoms with Crippen LogP contribution in [-0.2, 0) is 6.42 Å². The first-order valence-corrected chi connectivity index (χ1v) is 7.10. The lowest BCUT2D eigenvalue weighted by Crippen LogP contribution is -2.19. The zero-order valence-corrected chi connectivity index (χ0v) is 11.4. The molecule has 0 saturated carbocycles. The second kappa shape index (κ2) is 4.74. The van der Waals surface area contributed by atoms with Gasteiger partial charge in [-0.2, -0.15) is 0 Å². The molecule has 2 aromatic carbocycles. The molecule has 2 aliphatic heterocycles. The van der Waals surface area contributed by atoms with Crippen LogP contribution in [0.25, 0.3) is 0 Å². The van der Waals surface area contributed by atoms with Crippen LogP contribution in [-0.4, -0.2) is 11.7 Å². The summed E-state index contributed by atoms with van der Waals surface area (Å²) in [4.78, 5) is 0. The van der Waals surface area contributed by atoms with E-state index in [2.05, 4.69) is 6.07 Å². The van der Waals surface area contributed by atoms with Crippen LogP contribution in [0, 0.1) is 5.82 Å². The summed E-state index contributed by atoms with van der Waals surface area (Å²) in [6.45, 7) is 0.709. The van der Waals surface area contributed by atoms with Crippen LogP contribution in [0.4, 0.5) is 4.39 Å². The summed E-state index contributed by atoms with van der Waals surface area (Å²) >= 11 is 0. The van der Waals surface area contributed by atoms with E-state index in [0.29, 0.717) is 24.3 Å². The molecular formula is C17H15FO3. The Morgan fingerprint density at radius 1 is 1.10 bits per heavy atom. The van der Waals surface area contributed by atoms with Crippen LogP contribution in [0.15, 0.2) is 36.4 Å². The van der Waals surface area contributed by atoms with Gasteiger partial charge in [-0.05, 0) is 35.4 Å². The maximum absolute atomic E-state index is 13.4. The van der Waals surface area contributed by atoms with Crippen molar-refractivity contribution in [3.8, 4) is 11.5 Å². The first kappa shape index (κ1) is 12.7. The third-order valence-electron chi connectivity index (χ3n) is 4.13. The molecule has 0 saturated heterocycles. The Kier molecular flexibility index (Phi) is 2.86. The van der Waals surface area contributed by atoms with Gasteiger partial charge in [-0.3, -0.25) is 0 Å². The molecule has 1 unspecified atom stereocenters. The minimum atomic E-state index is -0.635. The molecule has 4 heteroatoms. The Balaban J connectivity index is 1.68. The molecule has 0 bridgehead atoms. The molecule has 0 aliphatic carbocycles. The van der Waals surface area contributed by atoms with Crippen LogP contribution < -0.4 is 9.47 Å². The monoisotopic (exact) mass is 286 g/mol. The van der Waals surface area contributed by atoms with E-state index in [1.807, 2.05) is 12.1 Å². The quantitative estimate of drug-likeness (QED) is 0.874. The third-order valence-corrected chi connectivity index (χ3v) is 4.13. The van der Waals surface area contributed by atoms with Crippen molar-refractivity contribution in [3.05, 3.63) is 58.9 Å². The van der Waals surface area contributed by atoms with E-state index in [-0.39, 0.29) is 11.9 Å². The normalized spacial score (nSPS) is 23.0. The molecule has 21 heavy (non-hydrogen) atoms. The average molecular weight is 286 g/mol. The highest BCUT2D eigenvalue weighted by molar-refractivity contribution is 5.43. The summed E-state index contributed by atoms with van der Waals surface area (Å²) in [6.07, 6.45) is 0.464. The molecule has 4 rings (SSSR count). The van der Waals surface area contributed by atoms with Crippen molar-refractivity contribution >= 4 is 0 Å². The largest absolute Gasteiger partial charge is 0.493 e. The third kappa shape index (κ3) is 2.16. The number of benzene rings is 2. The van der Waals surface area contributed by atoms with E-state index in [4.69, 9.17) is 9.47 Å². The molecule has 2 aromatic rings. The summed E-state index contributed by atoms with van der Waals surface area (Å²) in [5, 5.41) is 10.3. The fourth-order valence-electron chi connectivity index (χ4n) is 3.03. The maximum Gasteiger partial charge on any atom is 0.128 e. The van der Waals surface area contributed by atoms with Gasteiger partial charge in [0, 0.05) is 24.5 Å². The van der Waals surface area contributed by atoms with Crippen LogP contribution >= 0.6 is 0 Å². The molecular weight excluding hydrogens is 271 g/mol. The minimum Gasteiger partial charge on any atom is -0.493 e. The lowest BCUT2D eigenvalue weighted by molar-refractivity contribution is 0.0653. The molecule has 3 nitrogen and oxygen atoms in total. The van der Waals surface area contributed by atoms with Gasteiger partial charge in [-0.15, -0.1) is 0 Å². The zero-order valence-electron chi connectivity index (χ0n) is 11.4. The zero-order chi connectivity index (χ0) is 14.4. The van der Waals surface area contributed by atoms with Gasteiger partial charge in [0.15, 0.2) is 0 Å². The van der Waals surface area contributed by atoms with Gasteiger partial charge in [-0.25, -0.2) is 4.39 Å². The summed E-state index contributed by atoms with van der Waals surface area (Å²) in [5.74, 6) is 0.987. The smallest absolute Gasteiger partial charge is 0.128 e. The SMILES string of the molecule is O[C@@H]1CC(c2ccc3c(c2)CCO3)Oc2cc(F)ccc21. The minimum absolute atomic E-state index is 0.264. The number of aliphatic hydroxyl groups excluding tert-OH is 1. The molecule has 0 spiro atoms. The van der Waals surface area contributed by atoms with Crippen LogP contribution in [0.1, 0.15) is 35.3 Å². The summed E-state index contributed by atoms with van der Waals surface area (Å²) in [6, 6.07) is 10.2. The number of halogens is 1. The van der Waals surface area contributed by atoms with Crippen molar-refractivity contribution in [1.82, 2.24) is 0 Å². The Morgan fingerprint density at radius 3 is 2.90 bits per heavy atom. The van der Waals surface area contributed by atoms with Crippen molar-refractivity contribution in [2.45, 2.75) is 25.0 Å². The van der Waals surface area contributed by atoms with E-state index in [1.165, 1.54) is 12.1 Å². The van der Waals surface area contributed by atoms with E-state index in [0.717, 1.165) is 23.3 Å².